The number of nitrogens with one attached hydrogen (secondary N) is 1. The van der Waals surface area contributed by atoms with Gasteiger partial charge >= 0.3 is 5.97 Å². The largest absolute Gasteiger partial charge is 0.460 e. The van der Waals surface area contributed by atoms with E-state index in [0.717, 1.165) is 5.56 Å². The molecular formula is C18H18BrClN2O3. The van der Waals surface area contributed by atoms with Crippen LogP contribution in [0.3, 0.4) is 0 Å². The first-order valence-electron chi connectivity index (χ1n) is 7.76. The van der Waals surface area contributed by atoms with Gasteiger partial charge in [0.05, 0.1) is 12.1 Å². The van der Waals surface area contributed by atoms with Crippen LogP contribution in [0.5, 0.6) is 0 Å². The highest BCUT2D eigenvalue weighted by Gasteiger charge is 2.13. The number of carbonyl (C=O) groups is 2. The Bertz CT molecular complexity index is 750. The monoisotopic (exact) mass is 424 g/mol. The third-order valence-electron chi connectivity index (χ3n) is 3.44. The third-order valence-corrected chi connectivity index (χ3v) is 4.18. The number of carbonyl (C=O) groups excluding carboxylic acids is 2. The van der Waals surface area contributed by atoms with Crippen molar-refractivity contribution in [1.82, 2.24) is 10.3 Å². The minimum absolute atomic E-state index is 0.0674. The van der Waals surface area contributed by atoms with E-state index >= 15 is 0 Å². The fourth-order valence-electron chi connectivity index (χ4n) is 2.08. The van der Waals surface area contributed by atoms with E-state index in [1.165, 1.54) is 17.8 Å². The van der Waals surface area contributed by atoms with Gasteiger partial charge in [0.25, 0.3) is 0 Å². The number of hydrogen-bond acceptors (Lipinski definition) is 4. The number of aryl methyl sites for hydroxylation is 2. The molecule has 5 nitrogen and oxygen atoms in total. The molecule has 0 bridgehead atoms. The van der Waals surface area contributed by atoms with Crippen LogP contribution in [0.25, 0.3) is 0 Å². The molecule has 1 aromatic carbocycles. The number of esters is 1. The van der Waals surface area contributed by atoms with E-state index in [9.17, 15) is 9.59 Å². The second-order valence-electron chi connectivity index (χ2n) is 5.46. The lowest BCUT2D eigenvalue weighted by Crippen LogP contribution is -2.28. The van der Waals surface area contributed by atoms with E-state index in [1.807, 2.05) is 31.2 Å². The van der Waals surface area contributed by atoms with E-state index < -0.39 is 5.97 Å². The summed E-state index contributed by atoms with van der Waals surface area (Å²) in [6.45, 7) is 2.34. The van der Waals surface area contributed by atoms with Gasteiger partial charge < -0.3 is 10.1 Å². The molecule has 0 aliphatic carbocycles. The van der Waals surface area contributed by atoms with Crippen molar-refractivity contribution >= 4 is 39.4 Å². The Balaban J connectivity index is 1.68. The topological polar surface area (TPSA) is 68.3 Å². The lowest BCUT2D eigenvalue weighted by Gasteiger charge is -2.08. The van der Waals surface area contributed by atoms with Crippen molar-refractivity contribution in [2.24, 2.45) is 0 Å². The lowest BCUT2D eigenvalue weighted by molar-refractivity contribution is -0.121. The van der Waals surface area contributed by atoms with Gasteiger partial charge in [-0.05, 0) is 40.9 Å². The number of hydrogen-bond donors (Lipinski definition) is 1. The first-order chi connectivity index (χ1) is 12.0. The first-order valence-corrected chi connectivity index (χ1v) is 8.93. The molecule has 132 valence electrons. The van der Waals surface area contributed by atoms with Crippen molar-refractivity contribution in [3.8, 4) is 0 Å². The third kappa shape index (κ3) is 6.48. The lowest BCUT2D eigenvalue weighted by atomic mass is 10.1. The summed E-state index contributed by atoms with van der Waals surface area (Å²) in [5.41, 5.74) is 2.49. The van der Waals surface area contributed by atoms with Crippen molar-refractivity contribution in [3.63, 3.8) is 0 Å². The maximum absolute atomic E-state index is 11.9. The molecular weight excluding hydrogens is 408 g/mol. The Morgan fingerprint density at radius 1 is 1.28 bits per heavy atom. The molecule has 1 heterocycles. The Labute approximate surface area is 159 Å². The fraction of sp³-hybridized carbons (Fsp3) is 0.278. The van der Waals surface area contributed by atoms with Gasteiger partial charge in [-0.1, -0.05) is 41.4 Å². The highest BCUT2D eigenvalue weighted by Crippen LogP contribution is 2.18. The maximum Gasteiger partial charge on any atom is 0.341 e. The minimum Gasteiger partial charge on any atom is -0.460 e. The Morgan fingerprint density at radius 3 is 2.72 bits per heavy atom. The van der Waals surface area contributed by atoms with Gasteiger partial charge in [0.1, 0.15) is 11.8 Å². The van der Waals surface area contributed by atoms with Crippen LogP contribution in [0, 0.1) is 6.92 Å². The molecule has 1 amide bonds. The molecule has 0 unspecified atom stereocenters. The highest BCUT2D eigenvalue weighted by molar-refractivity contribution is 9.10. The highest BCUT2D eigenvalue weighted by atomic mass is 79.9. The van der Waals surface area contributed by atoms with Crippen LogP contribution < -0.4 is 5.32 Å². The van der Waals surface area contributed by atoms with Crippen molar-refractivity contribution < 1.29 is 14.3 Å². The van der Waals surface area contributed by atoms with E-state index in [1.54, 1.807) is 0 Å². The molecule has 0 radical (unpaired) electrons. The predicted molar refractivity (Wildman–Crippen MR) is 99.7 cm³/mol. The van der Waals surface area contributed by atoms with Crippen molar-refractivity contribution in [2.75, 3.05) is 13.2 Å². The summed E-state index contributed by atoms with van der Waals surface area (Å²) in [6.07, 6.45) is 2.55. The van der Waals surface area contributed by atoms with Crippen LogP contribution in [0.2, 0.25) is 5.15 Å². The standard InChI is InChI=1S/C18H18BrClN2O3/c1-12-2-4-13(5-3-12)6-7-16(23)21-8-9-25-18(24)15-10-14(19)11-22-17(15)20/h2-5,10-11H,6-9H2,1H3,(H,21,23). The molecule has 2 aromatic rings. The van der Waals surface area contributed by atoms with Crippen LogP contribution in [-0.2, 0) is 16.0 Å². The number of halogens is 2. The molecule has 0 aliphatic rings. The first kappa shape index (κ1) is 19.4. The molecule has 0 saturated heterocycles. The van der Waals surface area contributed by atoms with Crippen LogP contribution in [0.4, 0.5) is 0 Å². The molecule has 0 atom stereocenters. The summed E-state index contributed by atoms with van der Waals surface area (Å²) in [4.78, 5) is 27.6. The molecule has 0 fully saturated rings. The van der Waals surface area contributed by atoms with E-state index in [0.29, 0.717) is 17.3 Å². The molecule has 0 spiro atoms. The van der Waals surface area contributed by atoms with Crippen molar-refractivity contribution in [1.29, 1.82) is 0 Å². The Kier molecular flexibility index (Phi) is 7.40. The average molecular weight is 426 g/mol. The minimum atomic E-state index is -0.576. The summed E-state index contributed by atoms with van der Waals surface area (Å²) in [5.74, 6) is -0.661. The normalized spacial score (nSPS) is 10.4. The summed E-state index contributed by atoms with van der Waals surface area (Å²) < 4.78 is 5.72. The summed E-state index contributed by atoms with van der Waals surface area (Å²) in [5, 5.41) is 2.80. The zero-order chi connectivity index (χ0) is 18.2. The molecule has 0 saturated carbocycles. The second-order valence-corrected chi connectivity index (χ2v) is 6.74. The maximum atomic E-state index is 11.9. The van der Waals surface area contributed by atoms with Crippen LogP contribution in [0.1, 0.15) is 27.9 Å². The smallest absolute Gasteiger partial charge is 0.341 e. The number of rotatable bonds is 7. The number of nitrogens with zero attached hydrogens (tertiary/aromatic N) is 1. The second kappa shape index (κ2) is 9.53. The van der Waals surface area contributed by atoms with Gasteiger partial charge in [-0.3, -0.25) is 4.79 Å². The zero-order valence-corrected chi connectivity index (χ0v) is 16.1. The van der Waals surface area contributed by atoms with Gasteiger partial charge in [0, 0.05) is 17.1 Å². The summed E-state index contributed by atoms with van der Waals surface area (Å²) in [6, 6.07) is 9.61. The van der Waals surface area contributed by atoms with Gasteiger partial charge in [0.2, 0.25) is 5.91 Å². The number of benzene rings is 1. The number of amides is 1. The Morgan fingerprint density at radius 2 is 2.00 bits per heavy atom. The fourth-order valence-corrected chi connectivity index (χ4v) is 2.59. The molecule has 0 aliphatic heterocycles. The summed E-state index contributed by atoms with van der Waals surface area (Å²) >= 11 is 9.08. The zero-order valence-electron chi connectivity index (χ0n) is 13.7. The van der Waals surface area contributed by atoms with Gasteiger partial charge in [0.15, 0.2) is 0 Å². The van der Waals surface area contributed by atoms with Crippen LogP contribution in [-0.4, -0.2) is 30.0 Å². The number of aromatic nitrogens is 1. The van der Waals surface area contributed by atoms with E-state index in [2.05, 4.69) is 26.2 Å². The summed E-state index contributed by atoms with van der Waals surface area (Å²) in [7, 11) is 0. The van der Waals surface area contributed by atoms with Crippen LogP contribution in [0.15, 0.2) is 41.0 Å². The van der Waals surface area contributed by atoms with Crippen LogP contribution >= 0.6 is 27.5 Å². The van der Waals surface area contributed by atoms with Gasteiger partial charge in [-0.15, -0.1) is 0 Å². The van der Waals surface area contributed by atoms with Crippen molar-refractivity contribution in [3.05, 3.63) is 62.8 Å². The van der Waals surface area contributed by atoms with Gasteiger partial charge in [-0.2, -0.15) is 0 Å². The molecule has 7 heteroatoms. The molecule has 1 N–H and O–H groups in total. The number of ether oxygens (including phenoxy) is 1. The molecule has 25 heavy (non-hydrogen) atoms. The molecule has 2 rings (SSSR count). The molecule has 1 aromatic heterocycles. The quantitative estimate of drug-likeness (QED) is 0.417. The predicted octanol–water partition coefficient (Wildman–Crippen LogP) is 3.71. The van der Waals surface area contributed by atoms with Crippen molar-refractivity contribution in [2.45, 2.75) is 19.8 Å². The van der Waals surface area contributed by atoms with E-state index in [-0.39, 0.29) is 29.8 Å². The average Bonchev–Trinajstić information content (AvgIpc) is 2.60. The number of pyridine rings is 1. The SMILES string of the molecule is Cc1ccc(CCC(=O)NCCOC(=O)c2cc(Br)cnc2Cl)cc1. The van der Waals surface area contributed by atoms with E-state index in [4.69, 9.17) is 16.3 Å². The Hall–Kier alpha value is -1.92. The van der Waals surface area contributed by atoms with Gasteiger partial charge in [-0.25, -0.2) is 9.78 Å².